The first kappa shape index (κ1) is 21.5. The van der Waals surface area contributed by atoms with E-state index in [9.17, 15) is 9.59 Å². The summed E-state index contributed by atoms with van der Waals surface area (Å²) in [6.07, 6.45) is 2.92. The van der Waals surface area contributed by atoms with Crippen LogP contribution in [0.4, 0.5) is 0 Å². The quantitative estimate of drug-likeness (QED) is 0.568. The Morgan fingerprint density at radius 3 is 2.73 bits per heavy atom. The molecule has 0 atom stereocenters. The van der Waals surface area contributed by atoms with E-state index >= 15 is 0 Å². The highest BCUT2D eigenvalue weighted by atomic mass is 35.5. The number of ether oxygens (including phenoxy) is 1. The van der Waals surface area contributed by atoms with Crippen molar-refractivity contribution in [1.82, 2.24) is 20.3 Å². The second-order valence-corrected chi connectivity index (χ2v) is 7.06. The smallest absolute Gasteiger partial charge is 0.251 e. The van der Waals surface area contributed by atoms with Crippen LogP contribution in [0, 0.1) is 0 Å². The van der Waals surface area contributed by atoms with Crippen LogP contribution in [0.3, 0.4) is 0 Å². The van der Waals surface area contributed by atoms with Crippen molar-refractivity contribution in [3.8, 4) is 28.5 Å². The Morgan fingerprint density at radius 2 is 2.03 bits per heavy atom. The Balaban J connectivity index is 1.91. The summed E-state index contributed by atoms with van der Waals surface area (Å²) in [6.45, 7) is 4.77. The zero-order valence-electron chi connectivity index (χ0n) is 16.9. The largest absolute Gasteiger partial charge is 0.478 e. The second kappa shape index (κ2) is 10.0. The van der Waals surface area contributed by atoms with Gasteiger partial charge in [0.2, 0.25) is 11.8 Å². The number of nitrogens with one attached hydrogen (secondary N) is 2. The molecule has 0 bridgehead atoms. The number of aromatic nitrogens is 3. The van der Waals surface area contributed by atoms with Gasteiger partial charge in [-0.25, -0.2) is 9.97 Å². The Labute approximate surface area is 179 Å². The molecular formula is C22H23ClN4O3. The fourth-order valence-corrected chi connectivity index (χ4v) is 2.95. The monoisotopic (exact) mass is 426 g/mol. The minimum atomic E-state index is -0.304. The third-order valence-electron chi connectivity index (χ3n) is 4.32. The Hall–Kier alpha value is -3.19. The lowest BCUT2D eigenvalue weighted by Gasteiger charge is -2.10. The van der Waals surface area contributed by atoms with Crippen molar-refractivity contribution in [2.45, 2.75) is 33.2 Å². The van der Waals surface area contributed by atoms with Gasteiger partial charge in [0.05, 0.1) is 17.3 Å². The van der Waals surface area contributed by atoms with E-state index in [1.807, 2.05) is 19.1 Å². The highest BCUT2D eigenvalue weighted by molar-refractivity contribution is 6.33. The number of H-pyrrole nitrogens is 1. The van der Waals surface area contributed by atoms with Crippen molar-refractivity contribution in [3.63, 3.8) is 0 Å². The van der Waals surface area contributed by atoms with E-state index in [1.54, 1.807) is 31.3 Å². The molecule has 1 amide bonds. The summed E-state index contributed by atoms with van der Waals surface area (Å²) < 4.78 is 5.49. The van der Waals surface area contributed by atoms with E-state index < -0.39 is 0 Å². The fraction of sp³-hybridized carbons (Fsp3) is 0.273. The summed E-state index contributed by atoms with van der Waals surface area (Å²) in [6, 6.07) is 10.3. The SMILES string of the molecule is CCCOc1ccc(-c2cc(=O)[nH]c(-c3cc(CNC(=O)CC)ccc3Cl)n2)cn1. The van der Waals surface area contributed by atoms with Gasteiger partial charge in [-0.15, -0.1) is 0 Å². The number of rotatable bonds is 8. The van der Waals surface area contributed by atoms with E-state index in [1.165, 1.54) is 6.07 Å². The van der Waals surface area contributed by atoms with Crippen molar-refractivity contribution >= 4 is 17.5 Å². The first-order chi connectivity index (χ1) is 14.5. The number of benzene rings is 1. The van der Waals surface area contributed by atoms with Crippen molar-refractivity contribution in [3.05, 3.63) is 63.5 Å². The number of carbonyl (C=O) groups is 1. The number of pyridine rings is 1. The minimum Gasteiger partial charge on any atom is -0.478 e. The molecule has 3 rings (SSSR count). The van der Waals surface area contributed by atoms with Crippen LogP contribution >= 0.6 is 11.6 Å². The molecule has 0 aliphatic carbocycles. The minimum absolute atomic E-state index is 0.0427. The van der Waals surface area contributed by atoms with Gasteiger partial charge in [0.25, 0.3) is 5.56 Å². The maximum Gasteiger partial charge on any atom is 0.251 e. The third kappa shape index (κ3) is 5.45. The van der Waals surface area contributed by atoms with Crippen LogP contribution in [0.2, 0.25) is 5.02 Å². The van der Waals surface area contributed by atoms with Crippen LogP contribution in [0.5, 0.6) is 5.88 Å². The average molecular weight is 427 g/mol. The Kier molecular flexibility index (Phi) is 7.19. The molecule has 0 spiro atoms. The first-order valence-electron chi connectivity index (χ1n) is 9.76. The third-order valence-corrected chi connectivity index (χ3v) is 4.65. The van der Waals surface area contributed by atoms with Gasteiger partial charge in [-0.2, -0.15) is 0 Å². The van der Waals surface area contributed by atoms with Gasteiger partial charge >= 0.3 is 0 Å². The lowest BCUT2D eigenvalue weighted by molar-refractivity contribution is -0.120. The van der Waals surface area contributed by atoms with Gasteiger partial charge < -0.3 is 15.0 Å². The van der Waals surface area contributed by atoms with Crippen LogP contribution in [-0.2, 0) is 11.3 Å². The summed E-state index contributed by atoms with van der Waals surface area (Å²) in [5.41, 5.74) is 2.29. The zero-order valence-corrected chi connectivity index (χ0v) is 17.6. The first-order valence-corrected chi connectivity index (χ1v) is 10.1. The molecule has 2 aromatic heterocycles. The van der Waals surface area contributed by atoms with Gasteiger partial charge in [0.1, 0.15) is 5.82 Å². The predicted octanol–water partition coefficient (Wildman–Crippen LogP) is 3.97. The number of aromatic amines is 1. The van der Waals surface area contributed by atoms with Crippen molar-refractivity contribution in [2.75, 3.05) is 6.61 Å². The predicted molar refractivity (Wildman–Crippen MR) is 116 cm³/mol. The summed E-state index contributed by atoms with van der Waals surface area (Å²) in [4.78, 5) is 35.4. The van der Waals surface area contributed by atoms with Crippen LogP contribution in [0.25, 0.3) is 22.6 Å². The van der Waals surface area contributed by atoms with E-state index in [0.717, 1.165) is 12.0 Å². The van der Waals surface area contributed by atoms with E-state index in [-0.39, 0.29) is 11.5 Å². The van der Waals surface area contributed by atoms with Crippen LogP contribution in [0.1, 0.15) is 32.3 Å². The number of nitrogens with zero attached hydrogens (tertiary/aromatic N) is 2. The molecule has 156 valence electrons. The summed E-state index contributed by atoms with van der Waals surface area (Å²) in [5.74, 6) is 0.826. The van der Waals surface area contributed by atoms with E-state index in [4.69, 9.17) is 16.3 Å². The molecular weight excluding hydrogens is 404 g/mol. The van der Waals surface area contributed by atoms with E-state index in [2.05, 4.69) is 20.3 Å². The van der Waals surface area contributed by atoms with Gasteiger partial charge in [0.15, 0.2) is 0 Å². The molecule has 2 heterocycles. The lowest BCUT2D eigenvalue weighted by atomic mass is 10.1. The molecule has 0 aliphatic heterocycles. The topological polar surface area (TPSA) is 97.0 Å². The van der Waals surface area contributed by atoms with Gasteiger partial charge in [-0.05, 0) is 30.2 Å². The summed E-state index contributed by atoms with van der Waals surface area (Å²) >= 11 is 6.36. The maximum absolute atomic E-state index is 12.3. The maximum atomic E-state index is 12.3. The molecule has 0 aliphatic rings. The standard InChI is InChI=1S/C22H23ClN4O3/c1-3-9-30-21-8-6-15(13-25-21)18-11-20(29)27-22(26-18)16-10-14(5-7-17(16)23)12-24-19(28)4-2/h5-8,10-11,13H,3-4,9,12H2,1-2H3,(H,24,28)(H,26,27,29). The molecule has 7 nitrogen and oxygen atoms in total. The van der Waals surface area contributed by atoms with Crippen LogP contribution < -0.4 is 15.6 Å². The summed E-state index contributed by atoms with van der Waals surface area (Å²) in [5, 5.41) is 3.27. The summed E-state index contributed by atoms with van der Waals surface area (Å²) in [7, 11) is 0. The molecule has 1 aromatic carbocycles. The van der Waals surface area contributed by atoms with Gasteiger partial charge in [0, 0.05) is 42.4 Å². The normalized spacial score (nSPS) is 10.6. The molecule has 30 heavy (non-hydrogen) atoms. The van der Waals surface area contributed by atoms with E-state index in [0.29, 0.717) is 53.1 Å². The lowest BCUT2D eigenvalue weighted by Crippen LogP contribution is -2.21. The Bertz CT molecular complexity index is 1080. The number of hydrogen-bond acceptors (Lipinski definition) is 5. The average Bonchev–Trinajstić information content (AvgIpc) is 2.76. The highest BCUT2D eigenvalue weighted by Crippen LogP contribution is 2.27. The van der Waals surface area contributed by atoms with Crippen LogP contribution in [0.15, 0.2) is 47.4 Å². The zero-order chi connectivity index (χ0) is 21.5. The van der Waals surface area contributed by atoms with Crippen LogP contribution in [-0.4, -0.2) is 27.5 Å². The highest BCUT2D eigenvalue weighted by Gasteiger charge is 2.11. The number of amides is 1. The molecule has 0 saturated heterocycles. The fourth-order valence-electron chi connectivity index (χ4n) is 2.75. The molecule has 0 fully saturated rings. The van der Waals surface area contributed by atoms with Crippen molar-refractivity contribution < 1.29 is 9.53 Å². The molecule has 0 radical (unpaired) electrons. The molecule has 0 saturated carbocycles. The second-order valence-electron chi connectivity index (χ2n) is 6.66. The molecule has 2 N–H and O–H groups in total. The van der Waals surface area contributed by atoms with Gasteiger partial charge in [-0.3, -0.25) is 9.59 Å². The molecule has 8 heteroatoms. The van der Waals surface area contributed by atoms with Crippen molar-refractivity contribution in [1.29, 1.82) is 0 Å². The van der Waals surface area contributed by atoms with Crippen molar-refractivity contribution in [2.24, 2.45) is 0 Å². The Morgan fingerprint density at radius 1 is 1.20 bits per heavy atom. The van der Waals surface area contributed by atoms with Gasteiger partial charge in [-0.1, -0.05) is 31.5 Å². The molecule has 3 aromatic rings. The molecule has 0 unspecified atom stereocenters. The number of hydrogen-bond donors (Lipinski definition) is 2. The number of carbonyl (C=O) groups excluding carboxylic acids is 1. The number of halogens is 1.